The van der Waals surface area contributed by atoms with E-state index in [9.17, 15) is 18.0 Å². The van der Waals surface area contributed by atoms with Gasteiger partial charge in [0, 0.05) is 12.2 Å². The number of aromatic nitrogens is 1. The van der Waals surface area contributed by atoms with Crippen LogP contribution in [0.3, 0.4) is 0 Å². The molecule has 0 saturated heterocycles. The number of rotatable bonds is 7. The number of imide groups is 1. The molecular weight excluding hydrogens is 404 g/mol. The van der Waals surface area contributed by atoms with E-state index in [0.29, 0.717) is 16.9 Å². The van der Waals surface area contributed by atoms with Gasteiger partial charge in [0.15, 0.2) is 0 Å². The van der Waals surface area contributed by atoms with Crippen LogP contribution in [0.2, 0.25) is 0 Å². The van der Waals surface area contributed by atoms with Crippen LogP contribution in [0.5, 0.6) is 0 Å². The molecular formula is C21H18N4O4S. The molecule has 3 aromatic rings. The third-order valence-electron chi connectivity index (χ3n) is 4.54. The number of fused-ring (bicyclic) bond motifs is 1. The highest BCUT2D eigenvalue weighted by Gasteiger charge is 2.35. The normalized spacial score (nSPS) is 13.3. The Kier molecular flexibility index (Phi) is 5.20. The van der Waals surface area contributed by atoms with Crippen molar-refractivity contribution >= 4 is 39.0 Å². The summed E-state index contributed by atoms with van der Waals surface area (Å²) in [5, 5.41) is 3.10. The molecule has 0 aliphatic carbocycles. The molecule has 0 atom stereocenters. The van der Waals surface area contributed by atoms with Gasteiger partial charge in [-0.1, -0.05) is 30.3 Å². The summed E-state index contributed by atoms with van der Waals surface area (Å²) in [7, 11) is -3.78. The molecule has 1 aliphatic rings. The van der Waals surface area contributed by atoms with Crippen molar-refractivity contribution in [3.8, 4) is 0 Å². The van der Waals surface area contributed by atoms with Gasteiger partial charge < -0.3 is 5.32 Å². The first-order valence-electron chi connectivity index (χ1n) is 9.17. The van der Waals surface area contributed by atoms with Crippen LogP contribution >= 0.6 is 0 Å². The summed E-state index contributed by atoms with van der Waals surface area (Å²) in [4.78, 5) is 29.8. The Morgan fingerprint density at radius 3 is 2.03 bits per heavy atom. The van der Waals surface area contributed by atoms with Crippen molar-refractivity contribution in [2.45, 2.75) is 0 Å². The van der Waals surface area contributed by atoms with E-state index in [1.165, 1.54) is 6.20 Å². The first kappa shape index (κ1) is 19.6. The van der Waals surface area contributed by atoms with E-state index in [0.717, 1.165) is 10.6 Å². The number of carbonyl (C=O) groups excluding carboxylic acids is 2. The highest BCUT2D eigenvalue weighted by Crippen LogP contribution is 2.22. The number of anilines is 3. The summed E-state index contributed by atoms with van der Waals surface area (Å²) in [5.74, 6) is -0.814. The summed E-state index contributed by atoms with van der Waals surface area (Å²) < 4.78 is 27.2. The van der Waals surface area contributed by atoms with E-state index in [2.05, 4.69) is 15.0 Å². The van der Waals surface area contributed by atoms with Crippen molar-refractivity contribution in [1.82, 2.24) is 9.88 Å². The summed E-state index contributed by atoms with van der Waals surface area (Å²) >= 11 is 0. The Labute approximate surface area is 173 Å². The zero-order valence-corrected chi connectivity index (χ0v) is 16.6. The molecule has 0 bridgehead atoms. The molecule has 0 fully saturated rings. The third-order valence-corrected chi connectivity index (χ3v) is 5.81. The third kappa shape index (κ3) is 4.15. The topological polar surface area (TPSA) is 108 Å². The lowest BCUT2D eigenvalue weighted by Crippen LogP contribution is -2.35. The predicted octanol–water partition coefficient (Wildman–Crippen LogP) is 2.86. The maximum Gasteiger partial charge on any atom is 0.261 e. The molecule has 0 unspecified atom stereocenters. The average Bonchev–Trinajstić information content (AvgIpc) is 2.99. The molecule has 2 aromatic carbocycles. The molecule has 0 saturated carbocycles. The molecule has 4 rings (SSSR count). The van der Waals surface area contributed by atoms with Gasteiger partial charge in [-0.15, -0.1) is 0 Å². The van der Waals surface area contributed by atoms with E-state index >= 15 is 0 Å². The average molecular weight is 422 g/mol. The fourth-order valence-corrected chi connectivity index (χ4v) is 4.09. The highest BCUT2D eigenvalue weighted by molar-refractivity contribution is 7.92. The minimum Gasteiger partial charge on any atom is -0.340 e. The zero-order valence-electron chi connectivity index (χ0n) is 15.8. The van der Waals surface area contributed by atoms with Crippen LogP contribution in [0.25, 0.3) is 0 Å². The van der Waals surface area contributed by atoms with E-state index in [4.69, 9.17) is 0 Å². The lowest BCUT2D eigenvalue weighted by atomic mass is 10.1. The molecule has 2 N–H and O–H groups in total. The van der Waals surface area contributed by atoms with Crippen molar-refractivity contribution < 1.29 is 18.0 Å². The number of nitrogens with one attached hydrogen (secondary N) is 2. The van der Waals surface area contributed by atoms with Gasteiger partial charge in [0.1, 0.15) is 5.82 Å². The minimum absolute atomic E-state index is 0.233. The second-order valence-corrected chi connectivity index (χ2v) is 8.49. The van der Waals surface area contributed by atoms with Gasteiger partial charge in [-0.2, -0.15) is 0 Å². The van der Waals surface area contributed by atoms with E-state index < -0.39 is 27.6 Å². The molecule has 0 radical (unpaired) electrons. The maximum atomic E-state index is 12.4. The number of hydrogen-bond acceptors (Lipinski definition) is 6. The van der Waals surface area contributed by atoms with Gasteiger partial charge in [-0.05, 0) is 36.4 Å². The monoisotopic (exact) mass is 422 g/mol. The van der Waals surface area contributed by atoms with Crippen LogP contribution in [0.1, 0.15) is 20.7 Å². The van der Waals surface area contributed by atoms with E-state index in [1.54, 1.807) is 36.4 Å². The zero-order chi connectivity index (χ0) is 21.1. The number of hydrogen-bond donors (Lipinski definition) is 2. The number of pyridine rings is 1. The van der Waals surface area contributed by atoms with Gasteiger partial charge in [0.05, 0.1) is 28.8 Å². The lowest BCUT2D eigenvalue weighted by molar-refractivity contribution is 0.0664. The molecule has 0 spiro atoms. The summed E-state index contributed by atoms with van der Waals surface area (Å²) in [6.45, 7) is -0.233. The van der Waals surface area contributed by atoms with Crippen molar-refractivity contribution in [3.63, 3.8) is 0 Å². The van der Waals surface area contributed by atoms with Crippen LogP contribution in [0.15, 0.2) is 72.9 Å². The summed E-state index contributed by atoms with van der Waals surface area (Å²) in [6.07, 6.45) is 1.39. The van der Waals surface area contributed by atoms with E-state index in [-0.39, 0.29) is 12.2 Å². The Morgan fingerprint density at radius 1 is 0.800 bits per heavy atom. The van der Waals surface area contributed by atoms with Gasteiger partial charge in [0.2, 0.25) is 10.0 Å². The second kappa shape index (κ2) is 7.96. The van der Waals surface area contributed by atoms with Crippen molar-refractivity contribution in [1.29, 1.82) is 0 Å². The highest BCUT2D eigenvalue weighted by atomic mass is 32.2. The number of amides is 2. The minimum atomic E-state index is -3.78. The standard InChI is InChI=1S/C21H18N4O4S/c26-20-17-8-4-5-9-18(17)21(27)25(20)12-13-30(28,29)24-16-10-11-19(22-14-16)23-15-6-2-1-3-7-15/h1-11,14,24H,12-13H2,(H,22,23). The lowest BCUT2D eigenvalue weighted by Gasteiger charge is -2.14. The van der Waals surface area contributed by atoms with E-state index in [1.807, 2.05) is 30.3 Å². The molecule has 8 nitrogen and oxygen atoms in total. The Hall–Kier alpha value is -3.72. The van der Waals surface area contributed by atoms with Crippen LogP contribution in [0, 0.1) is 0 Å². The summed E-state index contributed by atoms with van der Waals surface area (Å²) in [6, 6.07) is 19.1. The molecule has 9 heteroatoms. The number of carbonyl (C=O) groups is 2. The number of benzene rings is 2. The van der Waals surface area contributed by atoms with Gasteiger partial charge >= 0.3 is 0 Å². The SMILES string of the molecule is O=C1c2ccccc2C(=O)N1CCS(=O)(=O)Nc1ccc(Nc2ccccc2)nc1. The quantitative estimate of drug-likeness (QED) is 0.567. The first-order valence-corrected chi connectivity index (χ1v) is 10.8. The summed E-state index contributed by atoms with van der Waals surface area (Å²) in [5.41, 5.74) is 1.73. The largest absolute Gasteiger partial charge is 0.340 e. The van der Waals surface area contributed by atoms with Crippen LogP contribution < -0.4 is 10.0 Å². The fourth-order valence-electron chi connectivity index (χ4n) is 3.08. The van der Waals surface area contributed by atoms with Crippen LogP contribution in [-0.4, -0.2) is 42.4 Å². The van der Waals surface area contributed by atoms with Gasteiger partial charge in [-0.3, -0.25) is 19.2 Å². The Balaban J connectivity index is 1.37. The second-order valence-electron chi connectivity index (χ2n) is 6.65. The molecule has 2 heterocycles. The van der Waals surface area contributed by atoms with Crippen molar-refractivity contribution in [3.05, 3.63) is 84.1 Å². The number of sulfonamides is 1. The number of nitrogens with zero attached hydrogens (tertiary/aromatic N) is 2. The van der Waals surface area contributed by atoms with Crippen LogP contribution in [-0.2, 0) is 10.0 Å². The molecule has 1 aliphatic heterocycles. The maximum absolute atomic E-state index is 12.4. The van der Waals surface area contributed by atoms with Crippen LogP contribution in [0.4, 0.5) is 17.2 Å². The molecule has 1 aromatic heterocycles. The first-order chi connectivity index (χ1) is 14.4. The van der Waals surface area contributed by atoms with Crippen molar-refractivity contribution in [2.75, 3.05) is 22.3 Å². The fraction of sp³-hybridized carbons (Fsp3) is 0.0952. The van der Waals surface area contributed by atoms with Gasteiger partial charge in [0.25, 0.3) is 11.8 Å². The predicted molar refractivity (Wildman–Crippen MR) is 113 cm³/mol. The molecule has 30 heavy (non-hydrogen) atoms. The smallest absolute Gasteiger partial charge is 0.261 e. The molecule has 2 amide bonds. The number of para-hydroxylation sites is 1. The van der Waals surface area contributed by atoms with Gasteiger partial charge in [-0.25, -0.2) is 13.4 Å². The Bertz CT molecular complexity index is 1160. The Morgan fingerprint density at radius 2 is 1.43 bits per heavy atom. The van der Waals surface area contributed by atoms with Crippen molar-refractivity contribution in [2.24, 2.45) is 0 Å². The molecule has 152 valence electrons.